The van der Waals surface area contributed by atoms with Gasteiger partial charge in [-0.1, -0.05) is 6.92 Å². The minimum absolute atomic E-state index is 0.275. The van der Waals surface area contributed by atoms with E-state index >= 15 is 0 Å². The highest BCUT2D eigenvalue weighted by Crippen LogP contribution is 2.25. The molecule has 78 valence electrons. The van der Waals surface area contributed by atoms with Crippen LogP contribution in [0.3, 0.4) is 0 Å². The summed E-state index contributed by atoms with van der Waals surface area (Å²) in [7, 11) is 1.85. The molecule has 0 atom stereocenters. The average molecular weight is 205 g/mol. The first-order valence-corrected chi connectivity index (χ1v) is 4.91. The molecule has 1 aromatic heterocycles. The average Bonchev–Trinajstić information content (AvgIpc) is 2.51. The van der Waals surface area contributed by atoms with E-state index in [2.05, 4.69) is 0 Å². The molecule has 0 fully saturated rings. The number of hydrogen-bond donors (Lipinski definition) is 0. The molecule has 0 radical (unpaired) electrons. The molecule has 0 bridgehead atoms. The van der Waals surface area contributed by atoms with Crippen LogP contribution in [0.25, 0.3) is 10.9 Å². The predicted octanol–water partition coefficient (Wildman–Crippen LogP) is 2.69. The molecule has 0 spiro atoms. The number of aryl methyl sites for hydroxylation is 1. The van der Waals surface area contributed by atoms with E-state index in [0.29, 0.717) is 5.56 Å². The van der Waals surface area contributed by atoms with Gasteiger partial charge in [-0.3, -0.25) is 4.79 Å². The summed E-state index contributed by atoms with van der Waals surface area (Å²) in [6.07, 6.45) is 1.61. The quantitative estimate of drug-likeness (QED) is 0.691. The second-order valence-electron chi connectivity index (χ2n) is 3.55. The maximum Gasteiger partial charge on any atom is 0.152 e. The van der Waals surface area contributed by atoms with Gasteiger partial charge in [0.05, 0.1) is 5.52 Å². The molecule has 2 rings (SSSR count). The van der Waals surface area contributed by atoms with Crippen molar-refractivity contribution in [2.75, 3.05) is 0 Å². The molecule has 0 aliphatic rings. The zero-order chi connectivity index (χ0) is 11.0. The van der Waals surface area contributed by atoms with Crippen molar-refractivity contribution in [2.24, 2.45) is 7.05 Å². The lowest BCUT2D eigenvalue weighted by molar-refractivity contribution is 0.112. The minimum Gasteiger partial charge on any atom is -0.347 e. The maximum absolute atomic E-state index is 13.1. The van der Waals surface area contributed by atoms with Gasteiger partial charge in [0.15, 0.2) is 6.29 Å². The molecular formula is C12H12FNO. The highest BCUT2D eigenvalue weighted by atomic mass is 19.1. The van der Waals surface area contributed by atoms with Crippen LogP contribution in [0.4, 0.5) is 4.39 Å². The van der Waals surface area contributed by atoms with E-state index in [1.54, 1.807) is 6.07 Å². The number of fused-ring (bicyclic) bond motifs is 1. The van der Waals surface area contributed by atoms with Crippen molar-refractivity contribution in [3.63, 3.8) is 0 Å². The van der Waals surface area contributed by atoms with Gasteiger partial charge >= 0.3 is 0 Å². The van der Waals surface area contributed by atoms with Gasteiger partial charge in [0.25, 0.3) is 0 Å². The third-order valence-corrected chi connectivity index (χ3v) is 2.78. The summed E-state index contributed by atoms with van der Waals surface area (Å²) >= 11 is 0. The first-order chi connectivity index (χ1) is 7.19. The van der Waals surface area contributed by atoms with Crippen LogP contribution in [0.2, 0.25) is 0 Å². The Labute approximate surface area is 87.3 Å². The number of rotatable bonds is 2. The summed E-state index contributed by atoms with van der Waals surface area (Å²) in [5, 5.41) is 0.825. The SMILES string of the molecule is CCc1c(C=O)c2ccc(F)cc2n1C. The smallest absolute Gasteiger partial charge is 0.152 e. The molecule has 2 aromatic rings. The zero-order valence-corrected chi connectivity index (χ0v) is 8.75. The standard InChI is InChI=1S/C12H12FNO/c1-3-11-10(7-15)9-5-4-8(13)6-12(9)14(11)2/h4-7H,3H2,1-2H3. The van der Waals surface area contributed by atoms with Gasteiger partial charge in [-0.15, -0.1) is 0 Å². The van der Waals surface area contributed by atoms with Crippen molar-refractivity contribution in [3.8, 4) is 0 Å². The number of nitrogens with zero attached hydrogens (tertiary/aromatic N) is 1. The fourth-order valence-electron chi connectivity index (χ4n) is 2.05. The topological polar surface area (TPSA) is 22.0 Å². The van der Waals surface area contributed by atoms with Gasteiger partial charge in [0, 0.05) is 23.7 Å². The van der Waals surface area contributed by atoms with Gasteiger partial charge in [0.2, 0.25) is 0 Å². The van der Waals surface area contributed by atoms with Crippen LogP contribution >= 0.6 is 0 Å². The molecule has 0 saturated carbocycles. The fraction of sp³-hybridized carbons (Fsp3) is 0.250. The Kier molecular flexibility index (Phi) is 2.31. The Morgan fingerprint density at radius 2 is 2.20 bits per heavy atom. The van der Waals surface area contributed by atoms with Crippen molar-refractivity contribution >= 4 is 17.2 Å². The van der Waals surface area contributed by atoms with Gasteiger partial charge in [-0.25, -0.2) is 4.39 Å². The van der Waals surface area contributed by atoms with E-state index in [4.69, 9.17) is 0 Å². The molecule has 0 N–H and O–H groups in total. The van der Waals surface area contributed by atoms with Gasteiger partial charge in [-0.05, 0) is 24.6 Å². The Bertz CT molecular complexity index is 528. The number of halogens is 1. The molecule has 2 nitrogen and oxygen atoms in total. The van der Waals surface area contributed by atoms with Crippen molar-refractivity contribution in [1.29, 1.82) is 0 Å². The number of carbonyl (C=O) groups excluding carboxylic acids is 1. The maximum atomic E-state index is 13.1. The Balaban J connectivity index is 2.90. The lowest BCUT2D eigenvalue weighted by Gasteiger charge is -2.00. The highest BCUT2D eigenvalue weighted by Gasteiger charge is 2.13. The predicted molar refractivity (Wildman–Crippen MR) is 57.6 cm³/mol. The van der Waals surface area contributed by atoms with E-state index in [9.17, 15) is 9.18 Å². The van der Waals surface area contributed by atoms with Crippen LogP contribution in [0.1, 0.15) is 23.0 Å². The van der Waals surface area contributed by atoms with E-state index in [-0.39, 0.29) is 5.82 Å². The second-order valence-corrected chi connectivity index (χ2v) is 3.55. The van der Waals surface area contributed by atoms with E-state index in [1.165, 1.54) is 12.1 Å². The number of benzene rings is 1. The Hall–Kier alpha value is -1.64. The van der Waals surface area contributed by atoms with E-state index < -0.39 is 0 Å². The number of aromatic nitrogens is 1. The van der Waals surface area contributed by atoms with Crippen LogP contribution in [-0.2, 0) is 13.5 Å². The van der Waals surface area contributed by atoms with Crippen molar-refractivity contribution in [2.45, 2.75) is 13.3 Å². The van der Waals surface area contributed by atoms with E-state index in [0.717, 1.165) is 29.3 Å². The van der Waals surface area contributed by atoms with Gasteiger partial charge in [0.1, 0.15) is 5.82 Å². The summed E-state index contributed by atoms with van der Waals surface area (Å²) in [5.74, 6) is -0.275. The third-order valence-electron chi connectivity index (χ3n) is 2.78. The fourth-order valence-corrected chi connectivity index (χ4v) is 2.05. The van der Waals surface area contributed by atoms with Gasteiger partial charge < -0.3 is 4.57 Å². The largest absolute Gasteiger partial charge is 0.347 e. The van der Waals surface area contributed by atoms with Crippen LogP contribution in [0, 0.1) is 5.82 Å². The van der Waals surface area contributed by atoms with Crippen LogP contribution in [0.5, 0.6) is 0 Å². The summed E-state index contributed by atoms with van der Waals surface area (Å²) in [6, 6.07) is 4.50. The van der Waals surface area contributed by atoms with Crippen LogP contribution < -0.4 is 0 Å². The molecule has 0 saturated heterocycles. The van der Waals surface area contributed by atoms with E-state index in [1.807, 2.05) is 18.5 Å². The monoisotopic (exact) mass is 205 g/mol. The molecule has 1 heterocycles. The second kappa shape index (κ2) is 3.50. The number of hydrogen-bond acceptors (Lipinski definition) is 1. The Morgan fingerprint density at radius 3 is 2.80 bits per heavy atom. The molecular weight excluding hydrogens is 193 g/mol. The van der Waals surface area contributed by atoms with Crippen molar-refractivity contribution < 1.29 is 9.18 Å². The highest BCUT2D eigenvalue weighted by molar-refractivity contribution is 5.99. The lowest BCUT2D eigenvalue weighted by Crippen LogP contribution is -1.96. The molecule has 15 heavy (non-hydrogen) atoms. The third kappa shape index (κ3) is 1.35. The number of aldehydes is 1. The summed E-state index contributed by atoms with van der Waals surface area (Å²) in [6.45, 7) is 1.98. The van der Waals surface area contributed by atoms with Gasteiger partial charge in [-0.2, -0.15) is 0 Å². The van der Waals surface area contributed by atoms with Crippen LogP contribution in [-0.4, -0.2) is 10.9 Å². The first-order valence-electron chi connectivity index (χ1n) is 4.91. The lowest BCUT2D eigenvalue weighted by atomic mass is 10.1. The zero-order valence-electron chi connectivity index (χ0n) is 8.75. The molecule has 0 unspecified atom stereocenters. The summed E-state index contributed by atoms with van der Waals surface area (Å²) in [5.41, 5.74) is 2.40. The summed E-state index contributed by atoms with van der Waals surface area (Å²) in [4.78, 5) is 11.0. The Morgan fingerprint density at radius 1 is 1.47 bits per heavy atom. The molecule has 0 amide bonds. The summed E-state index contributed by atoms with van der Waals surface area (Å²) < 4.78 is 14.9. The minimum atomic E-state index is -0.275. The molecule has 3 heteroatoms. The van der Waals surface area contributed by atoms with Crippen molar-refractivity contribution in [1.82, 2.24) is 4.57 Å². The molecule has 0 aliphatic carbocycles. The first kappa shape index (κ1) is 9.90. The van der Waals surface area contributed by atoms with Crippen molar-refractivity contribution in [3.05, 3.63) is 35.3 Å². The molecule has 1 aromatic carbocycles. The van der Waals surface area contributed by atoms with Crippen LogP contribution in [0.15, 0.2) is 18.2 Å². The molecule has 0 aliphatic heterocycles. The number of carbonyl (C=O) groups is 1. The normalized spacial score (nSPS) is 10.9.